The van der Waals surface area contributed by atoms with Crippen LogP contribution in [0.25, 0.3) is 0 Å². The Morgan fingerprint density at radius 2 is 1.68 bits per heavy atom. The van der Waals surface area contributed by atoms with E-state index >= 15 is 0 Å². The lowest BCUT2D eigenvalue weighted by Crippen LogP contribution is -2.56. The molecular formula is C22H33F2N5O2. The number of nitrogens with zero attached hydrogens (tertiary/aromatic N) is 3. The first-order valence-electron chi connectivity index (χ1n) is 11.5. The van der Waals surface area contributed by atoms with Gasteiger partial charge in [-0.3, -0.25) is 4.79 Å². The first kappa shape index (κ1) is 22.3. The van der Waals surface area contributed by atoms with Crippen LogP contribution in [0, 0.1) is 16.7 Å². The summed E-state index contributed by atoms with van der Waals surface area (Å²) < 4.78 is 27.3. The van der Waals surface area contributed by atoms with Gasteiger partial charge >= 0.3 is 6.03 Å². The van der Waals surface area contributed by atoms with Crippen LogP contribution in [0.15, 0.2) is 0 Å². The lowest BCUT2D eigenvalue weighted by Gasteiger charge is -2.47. The molecule has 31 heavy (non-hydrogen) atoms. The molecule has 7 nitrogen and oxygen atoms in total. The van der Waals surface area contributed by atoms with Crippen LogP contribution in [0.4, 0.5) is 13.6 Å². The van der Waals surface area contributed by atoms with E-state index in [1.54, 1.807) is 4.90 Å². The van der Waals surface area contributed by atoms with E-state index in [2.05, 4.69) is 15.5 Å². The van der Waals surface area contributed by atoms with Crippen molar-refractivity contribution in [2.75, 3.05) is 26.2 Å². The molecular weight excluding hydrogens is 404 g/mol. The Kier molecular flexibility index (Phi) is 5.88. The molecule has 0 aromatic rings. The smallest absolute Gasteiger partial charge is 0.318 e. The van der Waals surface area contributed by atoms with E-state index < -0.39 is 35.9 Å². The van der Waals surface area contributed by atoms with Gasteiger partial charge in [0.1, 0.15) is 11.6 Å². The Labute approximate surface area is 182 Å². The third-order valence-corrected chi connectivity index (χ3v) is 7.54. The lowest BCUT2D eigenvalue weighted by atomic mass is 9.71. The lowest BCUT2D eigenvalue weighted by molar-refractivity contribution is -0.126. The molecule has 2 saturated heterocycles. The fourth-order valence-electron chi connectivity index (χ4n) is 5.01. The molecule has 0 aromatic carbocycles. The van der Waals surface area contributed by atoms with Crippen molar-refractivity contribution < 1.29 is 18.4 Å². The molecule has 0 unspecified atom stereocenters. The van der Waals surface area contributed by atoms with Gasteiger partial charge in [0, 0.05) is 25.6 Å². The van der Waals surface area contributed by atoms with Crippen molar-refractivity contribution in [2.24, 2.45) is 5.41 Å². The normalized spacial score (nSPS) is 26.1. The maximum atomic E-state index is 13.7. The Morgan fingerprint density at radius 1 is 1.10 bits per heavy atom. The molecule has 0 radical (unpaired) electrons. The highest BCUT2D eigenvalue weighted by molar-refractivity contribution is 5.88. The van der Waals surface area contributed by atoms with Gasteiger partial charge in [-0.2, -0.15) is 5.26 Å². The summed E-state index contributed by atoms with van der Waals surface area (Å²) in [6, 6.07) is 0.969. The zero-order chi connectivity index (χ0) is 22.3. The van der Waals surface area contributed by atoms with E-state index in [1.807, 2.05) is 6.07 Å². The van der Waals surface area contributed by atoms with Gasteiger partial charge in [0.2, 0.25) is 11.8 Å². The standard InChI is InChI=1S/C22H33F2N5O2/c1-20(23,24)14-17(18(30)27-22(15-25)4-5-22)26-19(31)29-12-8-21(9-13-29)6-10-28(11-7-21)16-2-3-16/h16-17H,2-14H2,1H3,(H,26,31)(H,27,30)/t17-/m0/s1. The van der Waals surface area contributed by atoms with Gasteiger partial charge in [0.05, 0.1) is 6.07 Å². The summed E-state index contributed by atoms with van der Waals surface area (Å²) in [7, 11) is 0. The van der Waals surface area contributed by atoms with E-state index in [-0.39, 0.29) is 5.41 Å². The molecule has 2 aliphatic carbocycles. The number of urea groups is 1. The molecule has 2 heterocycles. The second-order valence-corrected chi connectivity index (χ2v) is 10.2. The number of carbonyl (C=O) groups is 2. The SMILES string of the molecule is CC(F)(F)C[C@H](NC(=O)N1CCC2(CC1)CCN(C1CC1)CC2)C(=O)NC1(C#N)CC1. The summed E-state index contributed by atoms with van der Waals surface area (Å²) in [4.78, 5) is 29.6. The van der Waals surface area contributed by atoms with Crippen LogP contribution in [0.3, 0.4) is 0 Å². The molecule has 172 valence electrons. The molecule has 3 amide bonds. The number of amides is 3. The van der Waals surface area contributed by atoms with Crippen molar-refractivity contribution in [3.8, 4) is 6.07 Å². The summed E-state index contributed by atoms with van der Waals surface area (Å²) in [5.41, 5.74) is -0.684. The Bertz CT molecular complexity index is 736. The number of carbonyl (C=O) groups excluding carboxylic acids is 2. The van der Waals surface area contributed by atoms with E-state index in [0.29, 0.717) is 25.9 Å². The average molecular weight is 438 g/mol. The van der Waals surface area contributed by atoms with E-state index in [1.165, 1.54) is 12.8 Å². The minimum atomic E-state index is -3.11. The average Bonchev–Trinajstić information content (AvgIpc) is 3.63. The van der Waals surface area contributed by atoms with Crippen molar-refractivity contribution >= 4 is 11.9 Å². The maximum absolute atomic E-state index is 13.7. The summed E-state index contributed by atoms with van der Waals surface area (Å²) >= 11 is 0. The van der Waals surface area contributed by atoms with Gasteiger partial charge < -0.3 is 20.4 Å². The van der Waals surface area contributed by atoms with Crippen LogP contribution in [-0.4, -0.2) is 71.5 Å². The molecule has 1 spiro atoms. The summed E-state index contributed by atoms with van der Waals surface area (Å²) in [5, 5.41) is 14.2. The monoisotopic (exact) mass is 437 g/mol. The predicted molar refractivity (Wildman–Crippen MR) is 110 cm³/mol. The highest BCUT2D eigenvalue weighted by Gasteiger charge is 2.47. The van der Waals surface area contributed by atoms with Gasteiger partial charge in [0.15, 0.2) is 0 Å². The highest BCUT2D eigenvalue weighted by Crippen LogP contribution is 2.43. The number of alkyl halides is 2. The van der Waals surface area contributed by atoms with Crippen LogP contribution in [-0.2, 0) is 4.79 Å². The summed E-state index contributed by atoms with van der Waals surface area (Å²) in [6.07, 6.45) is 7.00. The van der Waals surface area contributed by atoms with Crippen LogP contribution >= 0.6 is 0 Å². The topological polar surface area (TPSA) is 88.5 Å². The van der Waals surface area contributed by atoms with Crippen molar-refractivity contribution in [3.05, 3.63) is 0 Å². The Balaban J connectivity index is 1.30. The van der Waals surface area contributed by atoms with E-state index in [0.717, 1.165) is 51.7 Å². The van der Waals surface area contributed by atoms with Crippen molar-refractivity contribution in [3.63, 3.8) is 0 Å². The number of halogens is 2. The second kappa shape index (κ2) is 8.19. The third kappa shape index (κ3) is 5.46. The quantitative estimate of drug-likeness (QED) is 0.669. The number of hydrogen-bond acceptors (Lipinski definition) is 4. The molecule has 4 aliphatic rings. The maximum Gasteiger partial charge on any atom is 0.318 e. The minimum Gasteiger partial charge on any atom is -0.336 e. The van der Waals surface area contributed by atoms with Crippen LogP contribution in [0.2, 0.25) is 0 Å². The molecule has 4 fully saturated rings. The van der Waals surface area contributed by atoms with Crippen molar-refractivity contribution in [1.82, 2.24) is 20.4 Å². The molecule has 4 rings (SSSR count). The zero-order valence-electron chi connectivity index (χ0n) is 18.3. The first-order chi connectivity index (χ1) is 14.6. The molecule has 1 atom stereocenters. The second-order valence-electron chi connectivity index (χ2n) is 10.2. The van der Waals surface area contributed by atoms with E-state index in [9.17, 15) is 18.4 Å². The van der Waals surface area contributed by atoms with Gasteiger partial charge in [-0.25, -0.2) is 13.6 Å². The number of piperidine rings is 2. The van der Waals surface area contributed by atoms with E-state index in [4.69, 9.17) is 5.26 Å². The number of nitriles is 1. The van der Waals surface area contributed by atoms with Crippen LogP contribution in [0.5, 0.6) is 0 Å². The highest BCUT2D eigenvalue weighted by atomic mass is 19.3. The summed E-state index contributed by atoms with van der Waals surface area (Å²) in [6.45, 7) is 4.15. The molecule has 9 heteroatoms. The molecule has 0 aromatic heterocycles. The Morgan fingerprint density at radius 3 is 2.16 bits per heavy atom. The van der Waals surface area contributed by atoms with Crippen LogP contribution in [0.1, 0.15) is 64.7 Å². The van der Waals surface area contributed by atoms with Crippen LogP contribution < -0.4 is 10.6 Å². The Hall–Kier alpha value is -1.95. The number of rotatable bonds is 6. The minimum absolute atomic E-state index is 0.278. The van der Waals surface area contributed by atoms with Crippen molar-refractivity contribution in [2.45, 2.75) is 88.3 Å². The molecule has 2 N–H and O–H groups in total. The van der Waals surface area contributed by atoms with Gasteiger partial charge in [-0.15, -0.1) is 0 Å². The predicted octanol–water partition coefficient (Wildman–Crippen LogP) is 2.62. The largest absolute Gasteiger partial charge is 0.336 e. The first-order valence-corrected chi connectivity index (χ1v) is 11.5. The number of likely N-dealkylation sites (tertiary alicyclic amines) is 2. The number of nitrogens with one attached hydrogen (secondary N) is 2. The van der Waals surface area contributed by atoms with Gasteiger partial charge in [-0.05, 0) is 76.8 Å². The molecule has 2 saturated carbocycles. The fourth-order valence-corrected chi connectivity index (χ4v) is 5.01. The third-order valence-electron chi connectivity index (χ3n) is 7.54. The van der Waals surface area contributed by atoms with Crippen molar-refractivity contribution in [1.29, 1.82) is 5.26 Å². The molecule has 0 bridgehead atoms. The molecule has 2 aliphatic heterocycles. The summed E-state index contributed by atoms with van der Waals surface area (Å²) in [5.74, 6) is -3.82. The van der Waals surface area contributed by atoms with Gasteiger partial charge in [0.25, 0.3) is 0 Å². The zero-order valence-corrected chi connectivity index (χ0v) is 18.3. The fraction of sp³-hybridized carbons (Fsp3) is 0.864. The van der Waals surface area contributed by atoms with Gasteiger partial charge in [-0.1, -0.05) is 0 Å². The number of hydrogen-bond donors (Lipinski definition) is 2.